The normalized spacial score (nSPS) is 11.5. The first-order valence-electron chi connectivity index (χ1n) is 9.60. The van der Waals surface area contributed by atoms with E-state index in [0.29, 0.717) is 29.8 Å². The van der Waals surface area contributed by atoms with E-state index in [0.717, 1.165) is 0 Å². The van der Waals surface area contributed by atoms with Gasteiger partial charge < -0.3 is 20.1 Å². The number of methoxy groups -OCH3 is 2. The molecule has 0 bridgehead atoms. The number of rotatable bonds is 8. The Balaban J connectivity index is 1.95. The van der Waals surface area contributed by atoms with Crippen molar-refractivity contribution in [2.24, 2.45) is 0 Å². The second-order valence-electron chi connectivity index (χ2n) is 6.68. The Labute approximate surface area is 180 Å². The van der Waals surface area contributed by atoms with Gasteiger partial charge in [-0.1, -0.05) is 12.1 Å². The number of anilines is 4. The molecule has 3 rings (SSSR count). The van der Waals surface area contributed by atoms with E-state index in [2.05, 4.69) is 20.6 Å². The summed E-state index contributed by atoms with van der Waals surface area (Å²) < 4.78 is 24.4. The molecular weight excluding hydrogens is 401 g/mol. The van der Waals surface area contributed by atoms with E-state index < -0.39 is 11.8 Å². The first-order valence-corrected chi connectivity index (χ1v) is 9.60. The van der Waals surface area contributed by atoms with Crippen molar-refractivity contribution in [3.8, 4) is 5.75 Å². The number of carbonyl (C=O) groups excluding carboxylic acids is 1. The number of aromatic nitrogens is 2. The SMILES string of the molecule is COC[C@H](C)Nc1nccc(N(C(=O)Nc2ccccc2F)c2ccc(OC)cc2)n1. The van der Waals surface area contributed by atoms with Crippen LogP contribution in [0.25, 0.3) is 0 Å². The number of benzene rings is 2. The van der Waals surface area contributed by atoms with Crippen LogP contribution in [0.3, 0.4) is 0 Å². The van der Waals surface area contributed by atoms with Gasteiger partial charge in [0.15, 0.2) is 0 Å². The fourth-order valence-electron chi connectivity index (χ4n) is 2.87. The lowest BCUT2D eigenvalue weighted by atomic mass is 10.2. The van der Waals surface area contributed by atoms with Crippen LogP contribution in [0.1, 0.15) is 6.92 Å². The molecule has 2 N–H and O–H groups in total. The predicted molar refractivity (Wildman–Crippen MR) is 118 cm³/mol. The molecule has 2 amide bonds. The minimum Gasteiger partial charge on any atom is -0.497 e. The van der Waals surface area contributed by atoms with E-state index in [1.807, 2.05) is 6.92 Å². The van der Waals surface area contributed by atoms with Gasteiger partial charge in [-0.15, -0.1) is 0 Å². The van der Waals surface area contributed by atoms with Crippen molar-refractivity contribution < 1.29 is 18.7 Å². The van der Waals surface area contributed by atoms with Crippen LogP contribution in [0, 0.1) is 5.82 Å². The topological polar surface area (TPSA) is 88.6 Å². The number of halogens is 1. The maximum absolute atomic E-state index is 14.1. The highest BCUT2D eigenvalue weighted by Crippen LogP contribution is 2.28. The molecule has 0 saturated heterocycles. The lowest BCUT2D eigenvalue weighted by Crippen LogP contribution is -2.32. The van der Waals surface area contributed by atoms with E-state index in [-0.39, 0.29) is 11.7 Å². The maximum atomic E-state index is 14.1. The van der Waals surface area contributed by atoms with Gasteiger partial charge >= 0.3 is 6.03 Å². The van der Waals surface area contributed by atoms with E-state index in [9.17, 15) is 9.18 Å². The Morgan fingerprint density at radius 3 is 2.55 bits per heavy atom. The molecule has 0 saturated carbocycles. The fourth-order valence-corrected chi connectivity index (χ4v) is 2.87. The molecule has 0 unspecified atom stereocenters. The predicted octanol–water partition coefficient (Wildman–Crippen LogP) is 4.44. The number of hydrogen-bond donors (Lipinski definition) is 2. The third-order valence-corrected chi connectivity index (χ3v) is 4.31. The van der Waals surface area contributed by atoms with Gasteiger partial charge in [0.1, 0.15) is 17.4 Å². The first-order chi connectivity index (χ1) is 15.0. The van der Waals surface area contributed by atoms with Gasteiger partial charge in [-0.05, 0) is 43.3 Å². The molecule has 0 aliphatic rings. The minimum absolute atomic E-state index is 0.0399. The zero-order valence-electron chi connectivity index (χ0n) is 17.5. The monoisotopic (exact) mass is 425 g/mol. The summed E-state index contributed by atoms with van der Waals surface area (Å²) in [5.74, 6) is 0.737. The number of para-hydroxylation sites is 1. The molecule has 2 aromatic carbocycles. The summed E-state index contributed by atoms with van der Waals surface area (Å²) in [5, 5.41) is 5.72. The number of nitrogens with one attached hydrogen (secondary N) is 2. The highest BCUT2D eigenvalue weighted by molar-refractivity contribution is 6.06. The molecule has 0 spiro atoms. The summed E-state index contributed by atoms with van der Waals surface area (Å²) >= 11 is 0. The van der Waals surface area contributed by atoms with Gasteiger partial charge in [-0.25, -0.2) is 19.1 Å². The molecule has 162 valence electrons. The molecule has 0 aliphatic heterocycles. The van der Waals surface area contributed by atoms with E-state index in [1.54, 1.807) is 56.7 Å². The molecule has 0 radical (unpaired) electrons. The highest BCUT2D eigenvalue weighted by atomic mass is 19.1. The van der Waals surface area contributed by atoms with Gasteiger partial charge in [0.2, 0.25) is 5.95 Å². The Hall–Kier alpha value is -3.72. The zero-order chi connectivity index (χ0) is 22.2. The van der Waals surface area contributed by atoms with Gasteiger partial charge in [0, 0.05) is 25.4 Å². The molecule has 1 atom stereocenters. The van der Waals surface area contributed by atoms with E-state index in [1.165, 1.54) is 23.2 Å². The van der Waals surface area contributed by atoms with Gasteiger partial charge in [-0.3, -0.25) is 0 Å². The smallest absolute Gasteiger partial charge is 0.332 e. The van der Waals surface area contributed by atoms with Crippen molar-refractivity contribution in [2.75, 3.05) is 36.4 Å². The average molecular weight is 425 g/mol. The molecule has 0 aliphatic carbocycles. The Bertz CT molecular complexity index is 1020. The number of ether oxygens (including phenoxy) is 2. The molecule has 9 heteroatoms. The van der Waals surface area contributed by atoms with Crippen molar-refractivity contribution in [3.63, 3.8) is 0 Å². The largest absolute Gasteiger partial charge is 0.497 e. The molecule has 3 aromatic rings. The van der Waals surface area contributed by atoms with Crippen LogP contribution in [0.5, 0.6) is 5.75 Å². The summed E-state index contributed by atoms with van der Waals surface area (Å²) in [6.45, 7) is 2.38. The number of urea groups is 1. The van der Waals surface area contributed by atoms with E-state index in [4.69, 9.17) is 9.47 Å². The summed E-state index contributed by atoms with van der Waals surface area (Å²) in [4.78, 5) is 23.2. The van der Waals surface area contributed by atoms with Crippen molar-refractivity contribution >= 4 is 29.2 Å². The number of hydrogen-bond acceptors (Lipinski definition) is 6. The summed E-state index contributed by atoms with van der Waals surface area (Å²) in [5.41, 5.74) is 0.580. The molecule has 1 aromatic heterocycles. The Morgan fingerprint density at radius 2 is 1.87 bits per heavy atom. The minimum atomic E-state index is -0.579. The van der Waals surface area contributed by atoms with Gasteiger partial charge in [0.05, 0.1) is 25.1 Å². The lowest BCUT2D eigenvalue weighted by Gasteiger charge is -2.23. The van der Waals surface area contributed by atoms with Crippen LogP contribution >= 0.6 is 0 Å². The third kappa shape index (κ3) is 5.67. The lowest BCUT2D eigenvalue weighted by molar-refractivity contribution is 0.190. The average Bonchev–Trinajstić information content (AvgIpc) is 2.76. The van der Waals surface area contributed by atoms with Crippen LogP contribution in [0.2, 0.25) is 0 Å². The standard InChI is InChI=1S/C22H24FN5O3/c1-15(14-30-2)25-21-24-13-12-20(27-21)28(16-8-10-17(31-3)11-9-16)22(29)26-19-7-5-4-6-18(19)23/h4-13,15H,14H2,1-3H3,(H,26,29)(H,24,25,27)/t15-/m0/s1. The van der Waals surface area contributed by atoms with Crippen molar-refractivity contribution in [1.29, 1.82) is 0 Å². The molecule has 0 fully saturated rings. The summed E-state index contributed by atoms with van der Waals surface area (Å²) in [7, 11) is 3.16. The molecule has 31 heavy (non-hydrogen) atoms. The second-order valence-corrected chi connectivity index (χ2v) is 6.68. The highest BCUT2D eigenvalue weighted by Gasteiger charge is 2.21. The van der Waals surface area contributed by atoms with Crippen LogP contribution in [0.15, 0.2) is 60.8 Å². The van der Waals surface area contributed by atoms with Crippen molar-refractivity contribution in [2.45, 2.75) is 13.0 Å². The number of amides is 2. The Morgan fingerprint density at radius 1 is 1.13 bits per heavy atom. The van der Waals surface area contributed by atoms with Crippen LogP contribution in [-0.2, 0) is 4.74 Å². The number of nitrogens with zero attached hydrogens (tertiary/aromatic N) is 3. The fraction of sp³-hybridized carbons (Fsp3) is 0.227. The van der Waals surface area contributed by atoms with Crippen LogP contribution < -0.4 is 20.3 Å². The van der Waals surface area contributed by atoms with Gasteiger partial charge in [0.25, 0.3) is 0 Å². The van der Waals surface area contributed by atoms with Crippen LogP contribution in [0.4, 0.5) is 32.3 Å². The van der Waals surface area contributed by atoms with E-state index >= 15 is 0 Å². The Kier molecular flexibility index (Phi) is 7.34. The van der Waals surface area contributed by atoms with Crippen LogP contribution in [-0.4, -0.2) is 42.9 Å². The zero-order valence-corrected chi connectivity index (χ0v) is 17.5. The molecule has 1 heterocycles. The number of carbonyl (C=O) groups is 1. The maximum Gasteiger partial charge on any atom is 0.332 e. The van der Waals surface area contributed by atoms with Crippen molar-refractivity contribution in [3.05, 3.63) is 66.6 Å². The summed E-state index contributed by atoms with van der Waals surface area (Å²) in [6.07, 6.45) is 1.54. The second kappa shape index (κ2) is 10.4. The van der Waals surface area contributed by atoms with Crippen molar-refractivity contribution in [1.82, 2.24) is 9.97 Å². The summed E-state index contributed by atoms with van der Waals surface area (Å²) in [6, 6.07) is 13.8. The molecular formula is C22H24FN5O3. The third-order valence-electron chi connectivity index (χ3n) is 4.31. The first kappa shape index (κ1) is 22.0. The quantitative estimate of drug-likeness (QED) is 0.555. The molecule has 8 nitrogen and oxygen atoms in total. The van der Waals surface area contributed by atoms with Gasteiger partial charge in [-0.2, -0.15) is 4.98 Å².